The van der Waals surface area contributed by atoms with Crippen LogP contribution >= 0.6 is 0 Å². The molecule has 4 aromatic heterocycles. The molecule has 2 spiro atoms. The monoisotopic (exact) mass is 962 g/mol. The van der Waals surface area contributed by atoms with Crippen molar-refractivity contribution >= 4 is 43.6 Å². The third-order valence-corrected chi connectivity index (χ3v) is 17.9. The van der Waals surface area contributed by atoms with Crippen molar-refractivity contribution in [3.8, 4) is 67.0 Å². The van der Waals surface area contributed by atoms with Crippen molar-refractivity contribution in [3.05, 3.63) is 300 Å². The highest BCUT2D eigenvalue weighted by Gasteiger charge is 2.55. The van der Waals surface area contributed by atoms with Crippen molar-refractivity contribution in [2.24, 2.45) is 0 Å². The van der Waals surface area contributed by atoms with E-state index in [1.54, 1.807) is 0 Å². The Bertz CT molecular complexity index is 4440. The topological polar surface area (TPSA) is 35.6 Å². The van der Waals surface area contributed by atoms with Gasteiger partial charge in [-0.25, -0.2) is 0 Å². The Morgan fingerprint density at radius 2 is 0.605 bits per heavy atom. The molecule has 4 heterocycles. The molecule has 0 radical (unpaired) electrons. The first-order chi connectivity index (χ1) is 37.7. The minimum absolute atomic E-state index is 0.504. The lowest BCUT2D eigenvalue weighted by Gasteiger charge is -2.30. The van der Waals surface area contributed by atoms with E-state index in [1.807, 2.05) is 12.4 Å². The number of pyridine rings is 2. The van der Waals surface area contributed by atoms with Crippen LogP contribution in [0.25, 0.3) is 111 Å². The maximum atomic E-state index is 4.81. The molecule has 76 heavy (non-hydrogen) atoms. The van der Waals surface area contributed by atoms with Gasteiger partial charge in [-0.3, -0.25) is 9.97 Å². The van der Waals surface area contributed by atoms with E-state index in [4.69, 9.17) is 9.97 Å². The fraction of sp³-hybridized carbons (Fsp3) is 0.0278. The van der Waals surface area contributed by atoms with Gasteiger partial charge in [0.2, 0.25) is 0 Å². The first kappa shape index (κ1) is 40.6. The van der Waals surface area contributed by atoms with E-state index in [0.29, 0.717) is 0 Å². The van der Waals surface area contributed by atoms with Gasteiger partial charge in [-0.2, -0.15) is 0 Å². The second-order valence-corrected chi connectivity index (χ2v) is 21.1. The highest BCUT2D eigenvalue weighted by atomic mass is 15.0. The Labute approximate surface area is 438 Å². The van der Waals surface area contributed by atoms with E-state index in [9.17, 15) is 0 Å². The van der Waals surface area contributed by atoms with E-state index >= 15 is 0 Å². The molecule has 0 bridgehead atoms. The van der Waals surface area contributed by atoms with Crippen molar-refractivity contribution in [3.63, 3.8) is 0 Å². The van der Waals surface area contributed by atoms with Crippen LogP contribution in [-0.4, -0.2) is 19.1 Å². The molecule has 0 amide bonds. The summed E-state index contributed by atoms with van der Waals surface area (Å²) in [6, 6.07) is 86.3. The van der Waals surface area contributed by atoms with E-state index in [1.165, 1.54) is 144 Å². The van der Waals surface area contributed by atoms with Gasteiger partial charge in [0.25, 0.3) is 0 Å². The Morgan fingerprint density at radius 3 is 1.00 bits per heavy atom. The minimum atomic E-state index is -0.504. The zero-order valence-corrected chi connectivity index (χ0v) is 41.0. The molecule has 0 unspecified atom stereocenters. The van der Waals surface area contributed by atoms with Crippen molar-refractivity contribution < 1.29 is 0 Å². The fourth-order valence-corrected chi connectivity index (χ4v) is 15.2. The maximum absolute atomic E-state index is 4.81. The molecule has 4 heteroatoms. The van der Waals surface area contributed by atoms with Crippen LogP contribution in [0, 0.1) is 0 Å². The summed E-state index contributed by atoms with van der Waals surface area (Å²) >= 11 is 0. The molecule has 10 aromatic carbocycles. The van der Waals surface area contributed by atoms with E-state index in [2.05, 4.69) is 252 Å². The number of fused-ring (bicyclic) bond motifs is 28. The summed E-state index contributed by atoms with van der Waals surface area (Å²) in [7, 11) is 0. The van der Waals surface area contributed by atoms with Crippen molar-refractivity contribution in [1.29, 1.82) is 0 Å². The van der Waals surface area contributed by atoms with Gasteiger partial charge in [-0.1, -0.05) is 170 Å². The Hall–Kier alpha value is -9.90. The second-order valence-electron chi connectivity index (χ2n) is 21.1. The summed E-state index contributed by atoms with van der Waals surface area (Å²) < 4.78 is 4.95. The third kappa shape index (κ3) is 4.74. The number of aromatic nitrogens is 4. The molecule has 0 atom stereocenters. The molecule has 0 aliphatic heterocycles. The molecule has 4 aliphatic rings. The van der Waals surface area contributed by atoms with Crippen molar-refractivity contribution in [2.75, 3.05) is 0 Å². The van der Waals surface area contributed by atoms with Gasteiger partial charge in [0.15, 0.2) is 0 Å². The van der Waals surface area contributed by atoms with Gasteiger partial charge in [-0.05, 0) is 161 Å². The predicted octanol–water partition coefficient (Wildman–Crippen LogP) is 17.0. The molecular weight excluding hydrogens is 921 g/mol. The zero-order chi connectivity index (χ0) is 49.4. The molecule has 0 saturated carbocycles. The minimum Gasteiger partial charge on any atom is -0.309 e. The van der Waals surface area contributed by atoms with Gasteiger partial charge >= 0.3 is 0 Å². The first-order valence-corrected chi connectivity index (χ1v) is 26.4. The standard InChI is InChI=1S/C72H42N4/c1-7-19-57-47(13-1)48-14-2-8-20-58(48)71(57)61-41-73-39-37-51(61)53-33-35-65-67(69(53)71)55-17-5-11-23-63(55)75(65)45-29-25-43(26-30-45)44-27-31-46(32-28-44)76-64-24-12-6-18-56(64)68-66(76)36-34-54-52-38-40-74-42-62(52)72(70(54)68)59-21-9-3-15-49(59)50-16-4-10-22-60(50)72/h1-42H. The number of hydrogen-bond donors (Lipinski definition) is 0. The maximum Gasteiger partial charge on any atom is 0.0747 e. The number of para-hydroxylation sites is 2. The van der Waals surface area contributed by atoms with Crippen LogP contribution in [0.5, 0.6) is 0 Å². The molecule has 0 saturated heterocycles. The lowest BCUT2D eigenvalue weighted by atomic mass is 9.70. The molecular formula is C72H42N4. The molecule has 0 fully saturated rings. The van der Waals surface area contributed by atoms with Crippen molar-refractivity contribution in [2.45, 2.75) is 10.8 Å². The second kappa shape index (κ2) is 14.4. The summed E-state index contributed by atoms with van der Waals surface area (Å²) in [5, 5.41) is 5.08. The van der Waals surface area contributed by atoms with Crippen LogP contribution < -0.4 is 0 Å². The molecule has 14 aromatic rings. The molecule has 4 nitrogen and oxygen atoms in total. The molecule has 0 N–H and O–H groups in total. The lowest BCUT2D eigenvalue weighted by molar-refractivity contribution is 0.796. The first-order valence-electron chi connectivity index (χ1n) is 26.4. The predicted molar refractivity (Wildman–Crippen MR) is 309 cm³/mol. The quantitative estimate of drug-likeness (QED) is 0.177. The summed E-state index contributed by atoms with van der Waals surface area (Å²) in [5.41, 5.74) is 29.1. The Kier molecular flexibility index (Phi) is 7.71. The van der Waals surface area contributed by atoms with Crippen LogP contribution in [0.3, 0.4) is 0 Å². The van der Waals surface area contributed by atoms with Crippen LogP contribution in [0.4, 0.5) is 0 Å². The van der Waals surface area contributed by atoms with E-state index in [-0.39, 0.29) is 0 Å². The summed E-state index contributed by atoms with van der Waals surface area (Å²) in [5.74, 6) is 0. The fourth-order valence-electron chi connectivity index (χ4n) is 15.2. The van der Waals surface area contributed by atoms with E-state index < -0.39 is 10.8 Å². The van der Waals surface area contributed by atoms with Crippen LogP contribution in [0.1, 0.15) is 44.5 Å². The molecule has 4 aliphatic carbocycles. The third-order valence-electron chi connectivity index (χ3n) is 17.9. The largest absolute Gasteiger partial charge is 0.309 e. The van der Waals surface area contributed by atoms with Crippen molar-refractivity contribution in [1.82, 2.24) is 19.1 Å². The van der Waals surface area contributed by atoms with E-state index in [0.717, 1.165) is 11.4 Å². The smallest absolute Gasteiger partial charge is 0.0747 e. The number of nitrogens with zero attached hydrogens (tertiary/aromatic N) is 4. The number of benzene rings is 10. The molecule has 350 valence electrons. The van der Waals surface area contributed by atoms with Crippen LogP contribution in [0.2, 0.25) is 0 Å². The summed E-state index contributed by atoms with van der Waals surface area (Å²) in [6.45, 7) is 0. The van der Waals surface area contributed by atoms with Gasteiger partial charge < -0.3 is 9.13 Å². The number of hydrogen-bond acceptors (Lipinski definition) is 2. The van der Waals surface area contributed by atoms with Gasteiger partial charge in [0.1, 0.15) is 0 Å². The number of rotatable bonds is 3. The lowest BCUT2D eigenvalue weighted by Crippen LogP contribution is -2.26. The molecule has 18 rings (SSSR count). The summed E-state index contributed by atoms with van der Waals surface area (Å²) in [4.78, 5) is 9.62. The van der Waals surface area contributed by atoms with Crippen LogP contribution in [0.15, 0.2) is 255 Å². The SMILES string of the molecule is c1ccc2c(c1)-c1ccccc1C21c2cnccc2-c2ccc3c(c21)c1ccccc1n3-c1ccc(-c2ccc(-n3c4ccccc4c4c5c(ccc43)-c3ccncc3C53c4ccccc4-c4ccccc43)cc2)cc1. The highest BCUT2D eigenvalue weighted by molar-refractivity contribution is 6.18. The zero-order valence-electron chi connectivity index (χ0n) is 41.0. The average molecular weight is 963 g/mol. The Balaban J connectivity index is 0.777. The van der Waals surface area contributed by atoms with Gasteiger partial charge in [0.05, 0.1) is 32.9 Å². The highest BCUT2D eigenvalue weighted by Crippen LogP contribution is 2.66. The summed E-state index contributed by atoms with van der Waals surface area (Å²) in [6.07, 6.45) is 8.15. The van der Waals surface area contributed by atoms with Gasteiger partial charge in [-0.15, -0.1) is 0 Å². The Morgan fingerprint density at radius 1 is 0.263 bits per heavy atom. The van der Waals surface area contributed by atoms with Gasteiger partial charge in [0, 0.05) is 57.7 Å². The van der Waals surface area contributed by atoms with Crippen LogP contribution in [-0.2, 0) is 10.8 Å². The average Bonchev–Trinajstić information content (AvgIpc) is 3.68. The normalized spacial score (nSPS) is 14.3.